The first kappa shape index (κ1) is 14.6. The van der Waals surface area contributed by atoms with Crippen LogP contribution in [0.3, 0.4) is 0 Å². The van der Waals surface area contributed by atoms with Crippen LogP contribution in [0, 0.1) is 0 Å². The Kier molecular flexibility index (Phi) is 4.62. The number of nitrogens with zero attached hydrogens (tertiary/aromatic N) is 2. The zero-order valence-corrected chi connectivity index (χ0v) is 15.5. The van der Waals surface area contributed by atoms with Crippen LogP contribution in [0.1, 0.15) is 12.8 Å². The molecule has 0 radical (unpaired) electrons. The Morgan fingerprint density at radius 2 is 1.25 bits per heavy atom. The van der Waals surface area contributed by atoms with Crippen molar-refractivity contribution < 1.29 is 0 Å². The maximum atomic E-state index is 3.06. The van der Waals surface area contributed by atoms with Crippen LogP contribution in [0.25, 0.3) is 0 Å². The van der Waals surface area contributed by atoms with Crippen molar-refractivity contribution in [2.24, 2.45) is 0 Å². The van der Waals surface area contributed by atoms with E-state index in [0.29, 0.717) is 0 Å². The fourth-order valence-electron chi connectivity index (χ4n) is 3.41. The van der Waals surface area contributed by atoms with Crippen LogP contribution in [0.2, 0.25) is 45.8 Å². The fraction of sp³-hybridized carbons (Fsp3) is 1.00. The third-order valence-corrected chi connectivity index (χ3v) is 19.6. The third-order valence-electron chi connectivity index (χ3n) is 3.49. The summed E-state index contributed by atoms with van der Waals surface area (Å²) < 4.78 is 5.89. The minimum Gasteiger partial charge on any atom is -0.359 e. The Morgan fingerprint density at radius 3 is 1.56 bits per heavy atom. The van der Waals surface area contributed by atoms with Crippen LogP contribution in [0.4, 0.5) is 0 Å². The van der Waals surface area contributed by atoms with Crippen molar-refractivity contribution >= 4 is 25.6 Å². The van der Waals surface area contributed by atoms with Crippen LogP contribution in [-0.2, 0) is 0 Å². The third kappa shape index (κ3) is 3.53. The summed E-state index contributed by atoms with van der Waals surface area (Å²) in [6, 6.07) is 0. The van der Waals surface area contributed by atoms with Crippen LogP contribution in [-0.4, -0.2) is 47.1 Å². The Balaban J connectivity index is 2.84. The molecule has 1 aliphatic rings. The van der Waals surface area contributed by atoms with E-state index in [0.717, 1.165) is 0 Å². The molecule has 0 N–H and O–H groups in total. The molecule has 0 aliphatic carbocycles. The Hall–Kier alpha value is 0.571. The van der Waals surface area contributed by atoms with Gasteiger partial charge in [-0.15, -0.1) is 0 Å². The summed E-state index contributed by atoms with van der Waals surface area (Å²) in [6.45, 7) is 20.5. The second kappa shape index (κ2) is 5.06. The highest BCUT2D eigenvalue weighted by Crippen LogP contribution is 2.24. The van der Waals surface area contributed by atoms with Crippen LogP contribution in [0.15, 0.2) is 0 Å². The quantitative estimate of drug-likeness (QED) is 0.728. The van der Waals surface area contributed by atoms with Gasteiger partial charge in [-0.2, -0.15) is 0 Å². The highest BCUT2D eigenvalue weighted by atomic mass is 28.5. The molecule has 0 amide bonds. The molecule has 1 atom stereocenters. The summed E-state index contributed by atoms with van der Waals surface area (Å²) >= 11 is 0. The summed E-state index contributed by atoms with van der Waals surface area (Å²) in [5.74, 6) is 0. The van der Waals surface area contributed by atoms with Gasteiger partial charge in [0.05, 0.1) is 0 Å². The van der Waals surface area contributed by atoms with E-state index in [-0.39, 0.29) is 0 Å². The first-order valence-electron chi connectivity index (χ1n) is 6.67. The van der Waals surface area contributed by atoms with Gasteiger partial charge in [0.25, 0.3) is 0 Å². The molecule has 0 aromatic rings. The predicted octanol–water partition coefficient (Wildman–Crippen LogP) is 2.90. The average molecular weight is 275 g/mol. The Labute approximate surface area is 106 Å². The van der Waals surface area contributed by atoms with E-state index in [4.69, 9.17) is 0 Å². The molecule has 0 aromatic carbocycles. The van der Waals surface area contributed by atoms with E-state index in [1.807, 2.05) is 0 Å². The van der Waals surface area contributed by atoms with Crippen LogP contribution < -0.4 is 0 Å². The van der Waals surface area contributed by atoms with Crippen molar-refractivity contribution in [1.29, 1.82) is 0 Å². The van der Waals surface area contributed by atoms with E-state index < -0.39 is 25.6 Å². The molecule has 0 bridgehead atoms. The van der Waals surface area contributed by atoms with Gasteiger partial charge in [-0.25, -0.2) is 0 Å². The van der Waals surface area contributed by atoms with Gasteiger partial charge < -0.3 is 8.46 Å². The summed E-state index contributed by atoms with van der Waals surface area (Å²) in [5.41, 5.74) is 0. The fourth-order valence-corrected chi connectivity index (χ4v) is 22.8. The van der Waals surface area contributed by atoms with E-state index in [2.05, 4.69) is 54.3 Å². The molecule has 1 unspecified atom stereocenters. The second-order valence-electron chi connectivity index (χ2n) is 7.09. The van der Waals surface area contributed by atoms with Gasteiger partial charge in [-0.05, 0) is 32.5 Å². The average Bonchev–Trinajstić information content (AvgIpc) is 2.48. The molecule has 0 spiro atoms. The number of rotatable bonds is 4. The van der Waals surface area contributed by atoms with Gasteiger partial charge in [0, 0.05) is 0 Å². The summed E-state index contributed by atoms with van der Waals surface area (Å²) in [6.07, 6.45) is 2.87. The maximum absolute atomic E-state index is 3.06. The van der Waals surface area contributed by atoms with Crippen molar-refractivity contribution in [3.63, 3.8) is 0 Å². The molecule has 1 aliphatic heterocycles. The Morgan fingerprint density at radius 1 is 0.875 bits per heavy atom. The molecule has 1 heterocycles. The lowest BCUT2D eigenvalue weighted by molar-refractivity contribution is 0.511. The Bertz CT molecular complexity index is 212. The van der Waals surface area contributed by atoms with Gasteiger partial charge in [-0.1, -0.05) is 39.3 Å². The number of hydrogen-bond donors (Lipinski definition) is 0. The number of hydrogen-bond acceptors (Lipinski definition) is 2. The molecular weight excluding hydrogens is 244 g/mol. The SMILES string of the molecule is C[SiH](N1CCCC1)N([Si](C)(C)C)[Si](C)(C)C. The molecule has 0 saturated carbocycles. The van der Waals surface area contributed by atoms with Gasteiger partial charge in [0.1, 0.15) is 16.5 Å². The molecule has 5 heteroatoms. The summed E-state index contributed by atoms with van der Waals surface area (Å²) in [7, 11) is -3.10. The zero-order valence-electron chi connectivity index (χ0n) is 12.3. The first-order chi connectivity index (χ1) is 7.14. The second-order valence-corrected chi connectivity index (χ2v) is 20.7. The van der Waals surface area contributed by atoms with Crippen molar-refractivity contribution in [3.05, 3.63) is 0 Å². The molecule has 2 nitrogen and oxygen atoms in total. The zero-order chi connectivity index (χ0) is 12.6. The molecule has 0 aromatic heterocycles. The lowest BCUT2D eigenvalue weighted by atomic mass is 10.4. The van der Waals surface area contributed by atoms with E-state index >= 15 is 0 Å². The lowest BCUT2D eigenvalue weighted by Gasteiger charge is -2.49. The smallest absolute Gasteiger partial charge is 0.173 e. The molecular formula is C11H30N2Si3. The topological polar surface area (TPSA) is 6.48 Å². The van der Waals surface area contributed by atoms with Crippen molar-refractivity contribution in [2.75, 3.05) is 13.1 Å². The molecule has 1 rings (SSSR count). The normalized spacial score (nSPS) is 21.8. The monoisotopic (exact) mass is 274 g/mol. The molecule has 1 fully saturated rings. The van der Waals surface area contributed by atoms with E-state index in [9.17, 15) is 0 Å². The largest absolute Gasteiger partial charge is 0.359 e. The van der Waals surface area contributed by atoms with Gasteiger partial charge >= 0.3 is 0 Å². The van der Waals surface area contributed by atoms with Crippen molar-refractivity contribution in [2.45, 2.75) is 58.7 Å². The van der Waals surface area contributed by atoms with Crippen LogP contribution in [0.5, 0.6) is 0 Å². The highest BCUT2D eigenvalue weighted by molar-refractivity contribution is 6.98. The van der Waals surface area contributed by atoms with Gasteiger partial charge in [-0.3, -0.25) is 0 Å². The van der Waals surface area contributed by atoms with Crippen molar-refractivity contribution in [1.82, 2.24) is 8.46 Å². The standard InChI is InChI=1S/C11H30N2Si3/c1-14(12-10-8-9-11-12)13(15(2,3)4)16(5,6)7/h14H,8-11H2,1-7H3. The minimum atomic E-state index is -1.14. The summed E-state index contributed by atoms with van der Waals surface area (Å²) in [5, 5.41) is 0. The predicted molar refractivity (Wildman–Crippen MR) is 82.4 cm³/mol. The molecule has 1 saturated heterocycles. The summed E-state index contributed by atoms with van der Waals surface area (Å²) in [4.78, 5) is 0. The van der Waals surface area contributed by atoms with Gasteiger partial charge in [0.2, 0.25) is 0 Å². The minimum absolute atomic E-state index is 0.829. The van der Waals surface area contributed by atoms with Crippen LogP contribution >= 0.6 is 0 Å². The van der Waals surface area contributed by atoms with E-state index in [1.165, 1.54) is 25.9 Å². The van der Waals surface area contributed by atoms with Crippen molar-refractivity contribution in [3.8, 4) is 0 Å². The first-order valence-corrected chi connectivity index (χ1v) is 15.8. The lowest BCUT2D eigenvalue weighted by Crippen LogP contribution is -2.68. The molecule has 16 heavy (non-hydrogen) atoms. The maximum Gasteiger partial charge on any atom is 0.173 e. The van der Waals surface area contributed by atoms with E-state index in [1.54, 1.807) is 0 Å². The van der Waals surface area contributed by atoms with Gasteiger partial charge in [0.15, 0.2) is 9.12 Å². The highest BCUT2D eigenvalue weighted by Gasteiger charge is 2.40. The molecule has 96 valence electrons.